The first-order valence-electron chi connectivity index (χ1n) is 9.28. The number of H-pyrrole nitrogens is 1. The highest BCUT2D eigenvalue weighted by Crippen LogP contribution is 2.42. The van der Waals surface area contributed by atoms with E-state index in [4.69, 9.17) is 4.74 Å². The van der Waals surface area contributed by atoms with Crippen LogP contribution in [0.15, 0.2) is 41.3 Å². The first kappa shape index (κ1) is 16.8. The molecule has 3 heterocycles. The van der Waals surface area contributed by atoms with Gasteiger partial charge in [-0.25, -0.2) is 0 Å². The zero-order valence-corrected chi connectivity index (χ0v) is 16.7. The molecule has 0 fully saturated rings. The Bertz CT molecular complexity index is 1010. The number of rotatable bonds is 3. The highest BCUT2D eigenvalue weighted by atomic mass is 32.2. The van der Waals surface area contributed by atoms with Crippen LogP contribution in [0.5, 0.6) is 5.75 Å². The third-order valence-electron chi connectivity index (χ3n) is 5.50. The summed E-state index contributed by atoms with van der Waals surface area (Å²) >= 11 is 1.87. The average molecular weight is 381 g/mol. The summed E-state index contributed by atoms with van der Waals surface area (Å²) in [6, 6.07) is 13.1. The second-order valence-corrected chi connectivity index (χ2v) is 8.55. The van der Waals surface area contributed by atoms with E-state index >= 15 is 0 Å². The summed E-state index contributed by atoms with van der Waals surface area (Å²) in [7, 11) is 5.94. The maximum Gasteiger partial charge on any atom is 0.132 e. The fourth-order valence-electron chi connectivity index (χ4n) is 3.99. The molecular formula is C21H24N4OS. The molecule has 2 aliphatic rings. The summed E-state index contributed by atoms with van der Waals surface area (Å²) < 4.78 is 5.43. The zero-order chi connectivity index (χ0) is 18.5. The number of fused-ring (bicyclic) bond motifs is 4. The summed E-state index contributed by atoms with van der Waals surface area (Å²) in [6.07, 6.45) is 1.03. The number of ether oxygens (including phenoxy) is 1. The standard InChI is InChI=1S/C21H24N4OS/c1-24(2)21-23-19-10-13(4-7-20(19)27-21)25-9-8-18-16(12-25)15-11-14(26-3)5-6-17(15)22-18/h4-7,10-11,21-23H,8-9,12H2,1-3H3. The van der Waals surface area contributed by atoms with Crippen molar-refractivity contribution in [1.29, 1.82) is 0 Å². The third kappa shape index (κ3) is 2.84. The van der Waals surface area contributed by atoms with E-state index in [2.05, 4.69) is 64.5 Å². The number of nitrogens with one attached hydrogen (secondary N) is 2. The minimum atomic E-state index is 0.310. The molecule has 0 radical (unpaired) electrons. The number of methoxy groups -OCH3 is 1. The molecule has 2 aliphatic heterocycles. The van der Waals surface area contributed by atoms with Gasteiger partial charge in [0.15, 0.2) is 0 Å². The molecule has 0 saturated heterocycles. The molecule has 1 atom stereocenters. The molecule has 0 spiro atoms. The van der Waals surface area contributed by atoms with Crippen LogP contribution in [-0.4, -0.2) is 43.1 Å². The van der Waals surface area contributed by atoms with E-state index < -0.39 is 0 Å². The smallest absolute Gasteiger partial charge is 0.132 e. The lowest BCUT2D eigenvalue weighted by Crippen LogP contribution is -2.30. The van der Waals surface area contributed by atoms with Crippen LogP contribution in [0.25, 0.3) is 10.9 Å². The van der Waals surface area contributed by atoms with Gasteiger partial charge in [-0.05, 0) is 50.5 Å². The number of hydrogen-bond donors (Lipinski definition) is 2. The molecule has 0 aliphatic carbocycles. The second-order valence-electron chi connectivity index (χ2n) is 7.42. The van der Waals surface area contributed by atoms with Gasteiger partial charge in [0.25, 0.3) is 0 Å². The summed E-state index contributed by atoms with van der Waals surface area (Å²) in [5.41, 5.74) is 6.78. The van der Waals surface area contributed by atoms with Crippen molar-refractivity contribution in [2.24, 2.45) is 0 Å². The lowest BCUT2D eigenvalue weighted by molar-refractivity contribution is 0.412. The topological polar surface area (TPSA) is 43.5 Å². The van der Waals surface area contributed by atoms with E-state index in [0.717, 1.165) is 25.3 Å². The van der Waals surface area contributed by atoms with Crippen LogP contribution in [0.3, 0.4) is 0 Å². The number of aromatic amines is 1. The number of benzene rings is 2. The predicted octanol–water partition coefficient (Wildman–Crippen LogP) is 4.10. The SMILES string of the molecule is COc1ccc2[nH]c3c(c2c1)CN(c1ccc2c(c1)NC(N(C)C)S2)CC3. The average Bonchev–Trinajstić information content (AvgIpc) is 3.27. The summed E-state index contributed by atoms with van der Waals surface area (Å²) in [5.74, 6) is 0.912. The van der Waals surface area contributed by atoms with Gasteiger partial charge in [0, 0.05) is 52.3 Å². The first-order chi connectivity index (χ1) is 13.1. The Morgan fingerprint density at radius 3 is 2.89 bits per heavy atom. The number of anilines is 2. The van der Waals surface area contributed by atoms with Gasteiger partial charge in [-0.15, -0.1) is 0 Å². The van der Waals surface area contributed by atoms with Crippen molar-refractivity contribution in [3.63, 3.8) is 0 Å². The van der Waals surface area contributed by atoms with Gasteiger partial charge in [-0.3, -0.25) is 4.90 Å². The zero-order valence-electron chi connectivity index (χ0n) is 15.9. The highest BCUT2D eigenvalue weighted by Gasteiger charge is 2.25. The number of aromatic nitrogens is 1. The van der Waals surface area contributed by atoms with Crippen molar-refractivity contribution < 1.29 is 4.74 Å². The molecule has 1 aromatic heterocycles. The summed E-state index contributed by atoms with van der Waals surface area (Å²) in [4.78, 5) is 9.60. The fourth-order valence-corrected chi connectivity index (χ4v) is 5.02. The minimum Gasteiger partial charge on any atom is -0.497 e. The summed E-state index contributed by atoms with van der Waals surface area (Å²) in [5, 5.41) is 4.89. The molecule has 0 bridgehead atoms. The van der Waals surface area contributed by atoms with Crippen LogP contribution in [0.1, 0.15) is 11.3 Å². The Hall–Kier alpha value is -2.31. The van der Waals surface area contributed by atoms with Gasteiger partial charge in [0.05, 0.1) is 12.8 Å². The van der Waals surface area contributed by atoms with Gasteiger partial charge in [0.2, 0.25) is 0 Å². The monoisotopic (exact) mass is 380 g/mol. The van der Waals surface area contributed by atoms with Crippen LogP contribution >= 0.6 is 11.8 Å². The normalized spacial score (nSPS) is 18.5. The summed E-state index contributed by atoms with van der Waals surface area (Å²) in [6.45, 7) is 1.95. The van der Waals surface area contributed by atoms with Crippen LogP contribution in [-0.2, 0) is 13.0 Å². The lowest BCUT2D eigenvalue weighted by atomic mass is 10.0. The van der Waals surface area contributed by atoms with Gasteiger partial charge >= 0.3 is 0 Å². The van der Waals surface area contributed by atoms with Crippen LogP contribution in [0, 0.1) is 0 Å². The van der Waals surface area contributed by atoms with E-state index in [1.165, 1.54) is 38.4 Å². The molecule has 0 saturated carbocycles. The lowest BCUT2D eigenvalue weighted by Gasteiger charge is -2.29. The molecule has 2 N–H and O–H groups in total. The number of nitrogens with zero attached hydrogens (tertiary/aromatic N) is 2. The van der Waals surface area contributed by atoms with E-state index in [9.17, 15) is 0 Å². The number of hydrogen-bond acceptors (Lipinski definition) is 5. The molecule has 5 nitrogen and oxygen atoms in total. The minimum absolute atomic E-state index is 0.310. The van der Waals surface area contributed by atoms with Crippen LogP contribution < -0.4 is 15.0 Å². The molecule has 2 aromatic carbocycles. The maximum atomic E-state index is 5.43. The molecule has 140 valence electrons. The van der Waals surface area contributed by atoms with Crippen molar-refractivity contribution in [3.8, 4) is 5.75 Å². The number of thioether (sulfide) groups is 1. The largest absolute Gasteiger partial charge is 0.497 e. The third-order valence-corrected chi connectivity index (χ3v) is 6.87. The molecular weight excluding hydrogens is 356 g/mol. The molecule has 0 amide bonds. The van der Waals surface area contributed by atoms with E-state index in [1.807, 2.05) is 17.8 Å². The van der Waals surface area contributed by atoms with Crippen LogP contribution in [0.2, 0.25) is 0 Å². The van der Waals surface area contributed by atoms with Gasteiger partial charge in [-0.2, -0.15) is 0 Å². The van der Waals surface area contributed by atoms with Crippen molar-refractivity contribution in [1.82, 2.24) is 9.88 Å². The van der Waals surface area contributed by atoms with E-state index in [1.54, 1.807) is 7.11 Å². The molecule has 6 heteroatoms. The van der Waals surface area contributed by atoms with Gasteiger partial charge in [0.1, 0.15) is 11.2 Å². The molecule has 5 rings (SSSR count). The van der Waals surface area contributed by atoms with Crippen molar-refractivity contribution in [2.75, 3.05) is 38.0 Å². The highest BCUT2D eigenvalue weighted by molar-refractivity contribution is 8.00. The maximum absolute atomic E-state index is 5.43. The quantitative estimate of drug-likeness (QED) is 0.716. The van der Waals surface area contributed by atoms with E-state index in [-0.39, 0.29) is 0 Å². The Kier molecular flexibility index (Phi) is 3.98. The molecule has 27 heavy (non-hydrogen) atoms. The Labute approximate surface area is 163 Å². The van der Waals surface area contributed by atoms with Crippen LogP contribution in [0.4, 0.5) is 11.4 Å². The van der Waals surface area contributed by atoms with Gasteiger partial charge < -0.3 is 19.9 Å². The first-order valence-corrected chi connectivity index (χ1v) is 10.2. The Morgan fingerprint density at radius 2 is 2.07 bits per heavy atom. The van der Waals surface area contributed by atoms with Crippen molar-refractivity contribution in [2.45, 2.75) is 23.4 Å². The fraction of sp³-hybridized carbons (Fsp3) is 0.333. The predicted molar refractivity (Wildman–Crippen MR) is 113 cm³/mol. The Balaban J connectivity index is 1.45. The second kappa shape index (κ2) is 6.39. The molecule has 3 aromatic rings. The van der Waals surface area contributed by atoms with E-state index in [0.29, 0.717) is 5.50 Å². The van der Waals surface area contributed by atoms with Gasteiger partial charge in [-0.1, -0.05) is 11.8 Å². The van der Waals surface area contributed by atoms with Crippen molar-refractivity contribution >= 4 is 34.0 Å². The Morgan fingerprint density at radius 1 is 1.19 bits per heavy atom. The van der Waals surface area contributed by atoms with Crippen molar-refractivity contribution in [3.05, 3.63) is 47.7 Å². The molecule has 1 unspecified atom stereocenters.